The topological polar surface area (TPSA) is 58.6 Å². The lowest BCUT2D eigenvalue weighted by Gasteiger charge is -2.35. The predicted molar refractivity (Wildman–Crippen MR) is 123 cm³/mol. The molecule has 1 aliphatic carbocycles. The molecule has 0 heterocycles. The van der Waals surface area contributed by atoms with Gasteiger partial charge in [-0.1, -0.05) is 48.5 Å². The quantitative estimate of drug-likeness (QED) is 0.456. The average molecular weight is 430 g/mol. The van der Waals surface area contributed by atoms with E-state index in [1.165, 1.54) is 22.3 Å². The van der Waals surface area contributed by atoms with Crippen LogP contribution in [0.4, 0.5) is 0 Å². The van der Waals surface area contributed by atoms with Gasteiger partial charge in [-0.05, 0) is 84.5 Å². The van der Waals surface area contributed by atoms with E-state index in [-0.39, 0.29) is 12.3 Å². The highest BCUT2D eigenvalue weighted by Gasteiger charge is 2.32. The van der Waals surface area contributed by atoms with Crippen molar-refractivity contribution in [2.24, 2.45) is 0 Å². The maximum absolute atomic E-state index is 10.5. The number of ether oxygens (including phenoxy) is 2. The summed E-state index contributed by atoms with van der Waals surface area (Å²) in [5, 5.41) is 10.5. The molecule has 4 nitrogen and oxygen atoms in total. The van der Waals surface area contributed by atoms with Gasteiger partial charge in [0.25, 0.3) is 0 Å². The van der Waals surface area contributed by atoms with Gasteiger partial charge in [-0.3, -0.25) is 0 Å². The summed E-state index contributed by atoms with van der Waals surface area (Å²) in [5.41, 5.74) is 5.36. The number of unbranched alkanes of at least 4 members (excludes halogenated alkanes) is 1. The summed E-state index contributed by atoms with van der Waals surface area (Å²) in [5.74, 6) is 1.39. The number of carboxylic acid groups (broad SMARTS) is 1. The molecule has 1 aliphatic rings. The Morgan fingerprint density at radius 2 is 1.69 bits per heavy atom. The van der Waals surface area contributed by atoms with Crippen molar-refractivity contribution in [3.8, 4) is 11.5 Å². The van der Waals surface area contributed by atoms with E-state index in [9.17, 15) is 9.90 Å². The smallest absolute Gasteiger partial charge is 0.119 e. The van der Waals surface area contributed by atoms with Crippen LogP contribution < -0.4 is 14.6 Å². The summed E-state index contributed by atoms with van der Waals surface area (Å²) in [6.45, 7) is 0.505. The van der Waals surface area contributed by atoms with E-state index >= 15 is 0 Å². The number of rotatable bonds is 9. The van der Waals surface area contributed by atoms with Gasteiger partial charge in [-0.25, -0.2) is 0 Å². The fourth-order valence-electron chi connectivity index (χ4n) is 4.73. The molecule has 3 aromatic carbocycles. The molecule has 0 saturated heterocycles. The first kappa shape index (κ1) is 21.9. The standard InChI is InChI=1S/C28H30O4/c1-31-24-15-17-26-22(19-24)12-16-25(20-7-3-2-4-8-20)28(26)21-10-13-23(14-11-21)32-18-6-5-9-27(29)30/h2-4,7-8,10-11,13-15,17,19,25,28H,5-6,9,12,16,18H2,1H3,(H,29,30)/p-1. The van der Waals surface area contributed by atoms with Gasteiger partial charge in [0.2, 0.25) is 0 Å². The Kier molecular flexibility index (Phi) is 7.10. The lowest BCUT2D eigenvalue weighted by atomic mass is 9.69. The Balaban J connectivity index is 1.56. The van der Waals surface area contributed by atoms with Crippen LogP contribution in [0.1, 0.15) is 59.8 Å². The summed E-state index contributed by atoms with van der Waals surface area (Å²) in [4.78, 5) is 10.5. The molecular formula is C28H29O4-. The fourth-order valence-corrected chi connectivity index (χ4v) is 4.73. The molecule has 4 heteroatoms. The second-order valence-corrected chi connectivity index (χ2v) is 8.34. The summed E-state index contributed by atoms with van der Waals surface area (Å²) in [7, 11) is 1.71. The highest BCUT2D eigenvalue weighted by atomic mass is 16.5. The lowest BCUT2D eigenvalue weighted by Crippen LogP contribution is -2.21. The molecule has 3 aromatic rings. The molecule has 0 bridgehead atoms. The molecule has 4 rings (SSSR count). The number of methoxy groups -OCH3 is 1. The average Bonchev–Trinajstić information content (AvgIpc) is 2.83. The molecule has 32 heavy (non-hydrogen) atoms. The van der Waals surface area contributed by atoms with Crippen LogP contribution in [0.5, 0.6) is 11.5 Å². The van der Waals surface area contributed by atoms with Crippen LogP contribution in [0, 0.1) is 0 Å². The highest BCUT2D eigenvalue weighted by Crippen LogP contribution is 2.47. The first-order valence-electron chi connectivity index (χ1n) is 11.3. The normalized spacial score (nSPS) is 17.4. The van der Waals surface area contributed by atoms with E-state index < -0.39 is 5.97 Å². The lowest BCUT2D eigenvalue weighted by molar-refractivity contribution is -0.305. The molecule has 0 aromatic heterocycles. The van der Waals surface area contributed by atoms with Crippen molar-refractivity contribution in [2.75, 3.05) is 13.7 Å². The van der Waals surface area contributed by atoms with Gasteiger partial charge in [-0.15, -0.1) is 0 Å². The number of hydrogen-bond acceptors (Lipinski definition) is 4. The van der Waals surface area contributed by atoms with Gasteiger partial charge >= 0.3 is 0 Å². The molecule has 2 unspecified atom stereocenters. The second-order valence-electron chi connectivity index (χ2n) is 8.34. The van der Waals surface area contributed by atoms with E-state index in [2.05, 4.69) is 60.7 Å². The Bertz CT molecular complexity index is 1030. The molecule has 0 amide bonds. The third-order valence-electron chi connectivity index (χ3n) is 6.32. The largest absolute Gasteiger partial charge is 0.550 e. The van der Waals surface area contributed by atoms with Crippen molar-refractivity contribution < 1.29 is 19.4 Å². The first-order valence-corrected chi connectivity index (χ1v) is 11.3. The maximum atomic E-state index is 10.5. The summed E-state index contributed by atoms with van der Waals surface area (Å²) in [6.07, 6.45) is 3.47. The van der Waals surface area contributed by atoms with Crippen LogP contribution in [0.25, 0.3) is 0 Å². The van der Waals surface area contributed by atoms with E-state index in [4.69, 9.17) is 9.47 Å². The van der Waals surface area contributed by atoms with Crippen molar-refractivity contribution in [1.82, 2.24) is 0 Å². The van der Waals surface area contributed by atoms with Crippen LogP contribution in [0.3, 0.4) is 0 Å². The number of carbonyl (C=O) groups is 1. The molecule has 0 saturated carbocycles. The number of carboxylic acids is 1. The molecular weight excluding hydrogens is 400 g/mol. The minimum absolute atomic E-state index is 0.0784. The Morgan fingerprint density at radius 3 is 2.41 bits per heavy atom. The van der Waals surface area contributed by atoms with Crippen molar-refractivity contribution in [2.45, 2.75) is 43.9 Å². The molecule has 0 radical (unpaired) electrons. The second kappa shape index (κ2) is 10.4. The zero-order chi connectivity index (χ0) is 22.3. The van der Waals surface area contributed by atoms with Gasteiger partial charge in [-0.2, -0.15) is 0 Å². The van der Waals surface area contributed by atoms with E-state index in [1.807, 2.05) is 12.1 Å². The Morgan fingerprint density at radius 1 is 0.938 bits per heavy atom. The molecule has 0 aliphatic heterocycles. The number of hydrogen-bond donors (Lipinski definition) is 0. The highest BCUT2D eigenvalue weighted by molar-refractivity contribution is 5.64. The fraction of sp³-hybridized carbons (Fsp3) is 0.321. The number of aryl methyl sites for hydroxylation is 1. The van der Waals surface area contributed by atoms with Gasteiger partial charge in [0.1, 0.15) is 11.5 Å². The minimum atomic E-state index is -1.01. The number of carbonyl (C=O) groups excluding carboxylic acids is 1. The Labute approximate surface area is 189 Å². The van der Waals surface area contributed by atoms with Crippen LogP contribution in [-0.2, 0) is 11.2 Å². The van der Waals surface area contributed by atoms with Gasteiger partial charge in [0.05, 0.1) is 13.7 Å². The third kappa shape index (κ3) is 5.13. The molecule has 0 N–H and O–H groups in total. The zero-order valence-corrected chi connectivity index (χ0v) is 18.5. The number of aliphatic carboxylic acids is 1. The van der Waals surface area contributed by atoms with Gasteiger partial charge in [0.15, 0.2) is 0 Å². The molecule has 0 fully saturated rings. The monoisotopic (exact) mass is 429 g/mol. The van der Waals surface area contributed by atoms with Crippen LogP contribution in [0.2, 0.25) is 0 Å². The molecule has 0 spiro atoms. The van der Waals surface area contributed by atoms with Crippen LogP contribution in [0.15, 0.2) is 72.8 Å². The SMILES string of the molecule is COc1ccc2c(c1)CCC(c1ccccc1)C2c1ccc(OCCCCC(=O)[O-])cc1. The van der Waals surface area contributed by atoms with Crippen molar-refractivity contribution >= 4 is 5.97 Å². The maximum Gasteiger partial charge on any atom is 0.119 e. The summed E-state index contributed by atoms with van der Waals surface area (Å²) >= 11 is 0. The van der Waals surface area contributed by atoms with Crippen molar-refractivity contribution in [3.05, 3.63) is 95.1 Å². The molecule has 166 valence electrons. The van der Waals surface area contributed by atoms with Crippen molar-refractivity contribution in [1.29, 1.82) is 0 Å². The third-order valence-corrected chi connectivity index (χ3v) is 6.32. The number of fused-ring (bicyclic) bond motifs is 1. The van der Waals surface area contributed by atoms with E-state index in [1.54, 1.807) is 7.11 Å². The van der Waals surface area contributed by atoms with E-state index in [0.717, 1.165) is 24.3 Å². The summed E-state index contributed by atoms with van der Waals surface area (Å²) in [6, 6.07) is 25.6. The van der Waals surface area contributed by atoms with Gasteiger partial charge in [0, 0.05) is 11.9 Å². The minimum Gasteiger partial charge on any atom is -0.550 e. The predicted octanol–water partition coefficient (Wildman–Crippen LogP) is 4.86. The Hall–Kier alpha value is -3.27. The van der Waals surface area contributed by atoms with E-state index in [0.29, 0.717) is 25.4 Å². The van der Waals surface area contributed by atoms with Crippen LogP contribution >= 0.6 is 0 Å². The summed E-state index contributed by atoms with van der Waals surface area (Å²) < 4.78 is 11.3. The molecule has 2 atom stereocenters. The van der Waals surface area contributed by atoms with Crippen LogP contribution in [-0.4, -0.2) is 19.7 Å². The van der Waals surface area contributed by atoms with Gasteiger partial charge < -0.3 is 19.4 Å². The van der Waals surface area contributed by atoms with Crippen molar-refractivity contribution in [3.63, 3.8) is 0 Å². The zero-order valence-electron chi connectivity index (χ0n) is 18.5. The first-order chi connectivity index (χ1) is 15.7. The number of benzene rings is 3.